The lowest BCUT2D eigenvalue weighted by Crippen LogP contribution is -1.97. The molecule has 0 atom stereocenters. The summed E-state index contributed by atoms with van der Waals surface area (Å²) in [6.45, 7) is 0. The van der Waals surface area contributed by atoms with Gasteiger partial charge in [0.15, 0.2) is 0 Å². The molecule has 1 aromatic rings. The number of nitrogens with one attached hydrogen (secondary N) is 1. The molecule has 0 saturated carbocycles. The molecule has 1 rings (SSSR count). The zero-order valence-corrected chi connectivity index (χ0v) is 5.77. The maximum Gasteiger partial charge on any atom is 0.308 e. The average Bonchev–Trinajstić information content (AvgIpc) is 2.13. The number of carbonyl (C=O) groups is 1. The van der Waals surface area contributed by atoms with E-state index in [1.54, 1.807) is 0 Å². The van der Waals surface area contributed by atoms with Crippen molar-refractivity contribution in [2.75, 3.05) is 0 Å². The highest BCUT2D eigenvalue weighted by Gasteiger charge is 2.01. The van der Waals surface area contributed by atoms with Crippen molar-refractivity contribution in [3.63, 3.8) is 0 Å². The number of carboxylic acid groups (broad SMARTS) is 1. The molecule has 0 aliphatic rings. The van der Waals surface area contributed by atoms with Crippen molar-refractivity contribution in [1.82, 2.24) is 4.98 Å². The Hall–Kier alpha value is -1.10. The second kappa shape index (κ2) is 2.66. The zero-order chi connectivity index (χ0) is 7.56. The number of carboxylic acids is 1. The number of H-pyrrole nitrogens is 1. The Bertz CT molecular complexity index is 287. The minimum Gasteiger partial charge on any atom is -0.481 e. The number of thiazole rings is 1. The number of rotatable bonds is 2. The molecule has 0 bridgehead atoms. The van der Waals surface area contributed by atoms with Crippen LogP contribution in [-0.4, -0.2) is 16.1 Å². The molecule has 2 N–H and O–H groups in total. The molecule has 0 aliphatic heterocycles. The van der Waals surface area contributed by atoms with Crippen LogP contribution in [0.2, 0.25) is 0 Å². The van der Waals surface area contributed by atoms with Gasteiger partial charge in [0.1, 0.15) is 0 Å². The van der Waals surface area contributed by atoms with E-state index in [-0.39, 0.29) is 11.3 Å². The first-order valence-corrected chi connectivity index (χ1v) is 3.39. The highest BCUT2D eigenvalue weighted by atomic mass is 32.1. The second-order valence-corrected chi connectivity index (χ2v) is 2.81. The third-order valence-corrected chi connectivity index (χ3v) is 1.73. The first-order chi connectivity index (χ1) is 4.68. The molecule has 0 radical (unpaired) electrons. The van der Waals surface area contributed by atoms with Gasteiger partial charge in [0.05, 0.1) is 6.42 Å². The lowest BCUT2D eigenvalue weighted by atomic mass is 10.4. The van der Waals surface area contributed by atoms with Crippen LogP contribution in [-0.2, 0) is 11.2 Å². The Labute approximate surface area is 60.1 Å². The van der Waals surface area contributed by atoms with E-state index < -0.39 is 5.97 Å². The Balaban J connectivity index is 2.76. The molecule has 0 aliphatic carbocycles. The van der Waals surface area contributed by atoms with E-state index in [4.69, 9.17) is 5.11 Å². The van der Waals surface area contributed by atoms with E-state index in [9.17, 15) is 9.59 Å². The van der Waals surface area contributed by atoms with Crippen LogP contribution in [0.15, 0.2) is 11.0 Å². The second-order valence-electron chi connectivity index (χ2n) is 1.72. The molecule has 54 valence electrons. The number of aliphatic carboxylic acids is 1. The number of aromatic amines is 1. The summed E-state index contributed by atoms with van der Waals surface area (Å²) in [6, 6.07) is 0. The van der Waals surface area contributed by atoms with E-state index in [0.29, 0.717) is 4.88 Å². The summed E-state index contributed by atoms with van der Waals surface area (Å²) in [5, 5.41) is 8.27. The van der Waals surface area contributed by atoms with Gasteiger partial charge in [-0.15, -0.1) is 0 Å². The van der Waals surface area contributed by atoms with Gasteiger partial charge in [-0.2, -0.15) is 0 Å². The van der Waals surface area contributed by atoms with Gasteiger partial charge in [-0.1, -0.05) is 11.3 Å². The smallest absolute Gasteiger partial charge is 0.308 e. The molecular weight excluding hydrogens is 154 g/mol. The minimum absolute atomic E-state index is 0.0800. The highest BCUT2D eigenvalue weighted by molar-refractivity contribution is 7.09. The van der Waals surface area contributed by atoms with Gasteiger partial charge in [0, 0.05) is 11.1 Å². The number of aromatic nitrogens is 1. The molecule has 0 aromatic carbocycles. The number of hydrogen-bond donors (Lipinski definition) is 2. The van der Waals surface area contributed by atoms with Crippen LogP contribution in [0.25, 0.3) is 0 Å². The topological polar surface area (TPSA) is 70.2 Å². The van der Waals surface area contributed by atoms with Crippen molar-refractivity contribution < 1.29 is 9.90 Å². The standard InChI is InChI=1S/C5H5NO3S/c7-4(8)1-3-2-6-5(9)10-3/h2H,1H2,(H,6,9)(H,7,8). The Morgan fingerprint density at radius 1 is 1.80 bits per heavy atom. The van der Waals surface area contributed by atoms with Gasteiger partial charge in [0.25, 0.3) is 0 Å². The van der Waals surface area contributed by atoms with E-state index in [2.05, 4.69) is 4.98 Å². The molecule has 0 amide bonds. The summed E-state index contributed by atoms with van der Waals surface area (Å²) in [5.41, 5.74) is 0. The van der Waals surface area contributed by atoms with Crippen molar-refractivity contribution in [3.05, 3.63) is 20.7 Å². The molecule has 1 heterocycles. The van der Waals surface area contributed by atoms with Crippen LogP contribution in [0.5, 0.6) is 0 Å². The van der Waals surface area contributed by atoms with Gasteiger partial charge < -0.3 is 10.1 Å². The first kappa shape index (κ1) is 7.01. The maximum absolute atomic E-state index is 10.4. The normalized spacial score (nSPS) is 9.60. The minimum atomic E-state index is -0.921. The zero-order valence-electron chi connectivity index (χ0n) is 4.96. The van der Waals surface area contributed by atoms with Gasteiger partial charge in [-0.25, -0.2) is 0 Å². The third kappa shape index (κ3) is 1.70. The predicted molar refractivity (Wildman–Crippen MR) is 36.3 cm³/mol. The first-order valence-electron chi connectivity index (χ1n) is 2.57. The molecule has 0 fully saturated rings. The summed E-state index contributed by atoms with van der Waals surface area (Å²) >= 11 is 0.924. The van der Waals surface area contributed by atoms with Gasteiger partial charge >= 0.3 is 10.8 Å². The quantitative estimate of drug-likeness (QED) is 0.641. The molecule has 0 unspecified atom stereocenters. The Kier molecular flexibility index (Phi) is 1.86. The lowest BCUT2D eigenvalue weighted by Gasteiger charge is -1.83. The average molecular weight is 159 g/mol. The summed E-state index contributed by atoms with van der Waals surface area (Å²) in [6.07, 6.45) is 1.34. The summed E-state index contributed by atoms with van der Waals surface area (Å²) in [5.74, 6) is -0.921. The van der Waals surface area contributed by atoms with E-state index >= 15 is 0 Å². The summed E-state index contributed by atoms with van der Waals surface area (Å²) in [7, 11) is 0. The van der Waals surface area contributed by atoms with Crippen molar-refractivity contribution in [2.24, 2.45) is 0 Å². The Morgan fingerprint density at radius 3 is 2.90 bits per heavy atom. The predicted octanol–water partition coefficient (Wildman–Crippen LogP) is 0.0635. The fourth-order valence-electron chi connectivity index (χ4n) is 0.554. The van der Waals surface area contributed by atoms with E-state index in [1.165, 1.54) is 6.20 Å². The molecule has 4 nitrogen and oxygen atoms in total. The number of hydrogen-bond acceptors (Lipinski definition) is 3. The van der Waals surface area contributed by atoms with E-state index in [0.717, 1.165) is 11.3 Å². The Morgan fingerprint density at radius 2 is 2.50 bits per heavy atom. The summed E-state index contributed by atoms with van der Waals surface area (Å²) in [4.78, 5) is 23.2. The van der Waals surface area contributed by atoms with Crippen molar-refractivity contribution in [3.8, 4) is 0 Å². The molecular formula is C5H5NO3S. The highest BCUT2D eigenvalue weighted by Crippen LogP contribution is 2.00. The van der Waals surface area contributed by atoms with Gasteiger partial charge in [0.2, 0.25) is 0 Å². The van der Waals surface area contributed by atoms with Crippen LogP contribution in [0, 0.1) is 0 Å². The third-order valence-electron chi connectivity index (χ3n) is 0.900. The van der Waals surface area contributed by atoms with Gasteiger partial charge in [-0.3, -0.25) is 9.59 Å². The fraction of sp³-hybridized carbons (Fsp3) is 0.200. The van der Waals surface area contributed by atoms with Crippen LogP contribution in [0.1, 0.15) is 4.88 Å². The molecule has 0 saturated heterocycles. The molecule has 0 spiro atoms. The van der Waals surface area contributed by atoms with Crippen molar-refractivity contribution >= 4 is 17.3 Å². The van der Waals surface area contributed by atoms with Crippen LogP contribution in [0.4, 0.5) is 0 Å². The van der Waals surface area contributed by atoms with Crippen LogP contribution >= 0.6 is 11.3 Å². The molecule has 5 heteroatoms. The monoisotopic (exact) mass is 159 g/mol. The van der Waals surface area contributed by atoms with Crippen LogP contribution in [0.3, 0.4) is 0 Å². The maximum atomic E-state index is 10.4. The largest absolute Gasteiger partial charge is 0.481 e. The van der Waals surface area contributed by atoms with Gasteiger partial charge in [-0.05, 0) is 0 Å². The molecule has 1 aromatic heterocycles. The molecule has 10 heavy (non-hydrogen) atoms. The lowest BCUT2D eigenvalue weighted by molar-refractivity contribution is -0.136. The van der Waals surface area contributed by atoms with Crippen molar-refractivity contribution in [1.29, 1.82) is 0 Å². The van der Waals surface area contributed by atoms with Crippen molar-refractivity contribution in [2.45, 2.75) is 6.42 Å². The fourth-order valence-corrected chi connectivity index (χ4v) is 1.22. The summed E-state index contributed by atoms with van der Waals surface area (Å²) < 4.78 is 0. The SMILES string of the molecule is O=C(O)Cc1c[nH]c(=O)s1. The van der Waals surface area contributed by atoms with E-state index in [1.807, 2.05) is 0 Å². The van der Waals surface area contributed by atoms with Crippen LogP contribution < -0.4 is 4.87 Å².